The number of imide groups is 1. The maximum atomic E-state index is 13.5. The Hall–Kier alpha value is -1.37. The lowest BCUT2D eigenvalue weighted by Crippen LogP contribution is -2.39. The van der Waals surface area contributed by atoms with Gasteiger partial charge in [-0.1, -0.05) is 15.9 Å². The number of piperidine rings is 1. The molecule has 0 aromatic carbocycles. The van der Waals surface area contributed by atoms with Crippen LogP contribution in [-0.4, -0.2) is 22.0 Å². The minimum absolute atomic E-state index is 0.194. The molecule has 1 aliphatic heterocycles. The molecule has 90 valence electrons. The van der Waals surface area contributed by atoms with Gasteiger partial charge in [-0.3, -0.25) is 14.9 Å². The van der Waals surface area contributed by atoms with Crippen LogP contribution in [0.1, 0.15) is 30.0 Å². The summed E-state index contributed by atoms with van der Waals surface area (Å²) in [5.41, 5.74) is 0.741. The number of halogens is 2. The van der Waals surface area contributed by atoms with Crippen LogP contribution >= 0.6 is 15.9 Å². The predicted octanol–water partition coefficient (Wildman–Crippen LogP) is 1.03. The Bertz CT molecular complexity index is 481. The predicted molar refractivity (Wildman–Crippen MR) is 59.7 cm³/mol. The van der Waals surface area contributed by atoms with E-state index in [1.54, 1.807) is 0 Å². The van der Waals surface area contributed by atoms with Gasteiger partial charge in [0.05, 0.1) is 11.6 Å². The highest BCUT2D eigenvalue weighted by Gasteiger charge is 2.30. The van der Waals surface area contributed by atoms with Gasteiger partial charge in [0.1, 0.15) is 0 Å². The van der Waals surface area contributed by atoms with E-state index >= 15 is 0 Å². The van der Waals surface area contributed by atoms with Gasteiger partial charge in [0.2, 0.25) is 17.8 Å². The Morgan fingerprint density at radius 1 is 1.47 bits per heavy atom. The van der Waals surface area contributed by atoms with Crippen LogP contribution in [0.3, 0.4) is 0 Å². The van der Waals surface area contributed by atoms with Gasteiger partial charge in [0.25, 0.3) is 0 Å². The molecule has 7 heteroatoms. The minimum atomic E-state index is -0.760. The molecule has 2 amide bonds. The highest BCUT2D eigenvalue weighted by Crippen LogP contribution is 2.26. The number of hydrogen-bond donors (Lipinski definition) is 1. The zero-order valence-electron chi connectivity index (χ0n) is 8.74. The molecule has 1 aliphatic rings. The first-order valence-electron chi connectivity index (χ1n) is 5.03. The van der Waals surface area contributed by atoms with Gasteiger partial charge in [0, 0.05) is 17.3 Å². The van der Waals surface area contributed by atoms with Crippen molar-refractivity contribution in [2.75, 3.05) is 0 Å². The van der Waals surface area contributed by atoms with Crippen LogP contribution in [0.5, 0.6) is 0 Å². The number of nitrogens with one attached hydrogen (secondary N) is 1. The van der Waals surface area contributed by atoms with Gasteiger partial charge in [-0.25, -0.2) is 0 Å². The van der Waals surface area contributed by atoms with Gasteiger partial charge in [-0.15, -0.1) is 5.10 Å². The van der Waals surface area contributed by atoms with E-state index in [1.165, 1.54) is 6.07 Å². The number of alkyl halides is 1. The fraction of sp³-hybridized carbons (Fsp3) is 0.400. The fourth-order valence-corrected chi connectivity index (χ4v) is 2.01. The van der Waals surface area contributed by atoms with E-state index in [9.17, 15) is 14.0 Å². The highest BCUT2D eigenvalue weighted by molar-refractivity contribution is 9.08. The molecule has 0 saturated carbocycles. The lowest BCUT2D eigenvalue weighted by atomic mass is 9.91. The molecule has 2 heterocycles. The second-order valence-corrected chi connectivity index (χ2v) is 4.28. The van der Waals surface area contributed by atoms with Crippen molar-refractivity contribution >= 4 is 27.7 Å². The van der Waals surface area contributed by atoms with E-state index in [1.807, 2.05) is 0 Å². The molecule has 1 aromatic rings. The van der Waals surface area contributed by atoms with E-state index in [-0.39, 0.29) is 17.9 Å². The zero-order valence-corrected chi connectivity index (χ0v) is 10.3. The van der Waals surface area contributed by atoms with Crippen molar-refractivity contribution in [3.8, 4) is 0 Å². The Morgan fingerprint density at radius 2 is 2.24 bits per heavy atom. The number of hydrogen-bond acceptors (Lipinski definition) is 4. The lowest BCUT2D eigenvalue weighted by Gasteiger charge is -2.21. The van der Waals surface area contributed by atoms with Crippen molar-refractivity contribution in [3.63, 3.8) is 0 Å². The van der Waals surface area contributed by atoms with E-state index < -0.39 is 17.8 Å². The van der Waals surface area contributed by atoms with Crippen molar-refractivity contribution < 1.29 is 14.0 Å². The third kappa shape index (κ3) is 2.49. The number of carbonyl (C=O) groups is 2. The largest absolute Gasteiger partial charge is 0.296 e. The SMILES string of the molecule is O=C1CCC(c2cc(CBr)nnc2F)C(=O)N1. The van der Waals surface area contributed by atoms with Crippen molar-refractivity contribution in [1.82, 2.24) is 15.5 Å². The zero-order chi connectivity index (χ0) is 12.4. The standard InChI is InChI=1S/C10H9BrFN3O2/c11-4-5-3-7(9(12)15-14-5)6-1-2-8(16)13-10(6)17/h3,6H,1-2,4H2,(H,13,16,17). The Labute approximate surface area is 105 Å². The topological polar surface area (TPSA) is 72.0 Å². The molecular weight excluding hydrogens is 293 g/mol. The lowest BCUT2D eigenvalue weighted by molar-refractivity contribution is -0.134. The molecule has 1 N–H and O–H groups in total. The summed E-state index contributed by atoms with van der Waals surface area (Å²) in [6.45, 7) is 0. The van der Waals surface area contributed by atoms with Crippen LogP contribution in [0.15, 0.2) is 6.07 Å². The average molecular weight is 302 g/mol. The molecular formula is C10H9BrFN3O2. The van der Waals surface area contributed by atoms with Crippen molar-refractivity contribution in [2.45, 2.75) is 24.1 Å². The van der Waals surface area contributed by atoms with E-state index in [0.717, 1.165) is 0 Å². The van der Waals surface area contributed by atoms with Gasteiger partial charge in [0.15, 0.2) is 0 Å². The maximum Gasteiger partial charge on any atom is 0.237 e. The van der Waals surface area contributed by atoms with Crippen molar-refractivity contribution in [1.29, 1.82) is 0 Å². The molecule has 1 fully saturated rings. The fourth-order valence-electron chi connectivity index (χ4n) is 1.73. The average Bonchev–Trinajstić information content (AvgIpc) is 2.30. The molecule has 2 rings (SSSR count). The molecule has 1 unspecified atom stereocenters. The molecule has 1 atom stereocenters. The van der Waals surface area contributed by atoms with Gasteiger partial charge in [-0.2, -0.15) is 9.49 Å². The smallest absolute Gasteiger partial charge is 0.237 e. The molecule has 1 saturated heterocycles. The monoisotopic (exact) mass is 301 g/mol. The van der Waals surface area contributed by atoms with Gasteiger partial charge >= 0.3 is 0 Å². The van der Waals surface area contributed by atoms with Crippen LogP contribution in [-0.2, 0) is 14.9 Å². The summed E-state index contributed by atoms with van der Waals surface area (Å²) in [7, 11) is 0. The summed E-state index contributed by atoms with van der Waals surface area (Å²) in [6, 6.07) is 1.50. The first-order valence-corrected chi connectivity index (χ1v) is 6.15. The maximum absolute atomic E-state index is 13.5. The highest BCUT2D eigenvalue weighted by atomic mass is 79.9. The quantitative estimate of drug-likeness (QED) is 0.654. The van der Waals surface area contributed by atoms with E-state index in [2.05, 4.69) is 31.4 Å². The molecule has 0 radical (unpaired) electrons. The minimum Gasteiger partial charge on any atom is -0.296 e. The molecule has 1 aromatic heterocycles. The Kier molecular flexibility index (Phi) is 3.46. The first-order chi connectivity index (χ1) is 8.11. The van der Waals surface area contributed by atoms with Crippen LogP contribution < -0.4 is 5.32 Å². The summed E-state index contributed by atoms with van der Waals surface area (Å²) in [5, 5.41) is 9.61. The van der Waals surface area contributed by atoms with E-state index in [4.69, 9.17) is 0 Å². The van der Waals surface area contributed by atoms with Crippen molar-refractivity contribution in [3.05, 3.63) is 23.3 Å². The Morgan fingerprint density at radius 3 is 2.88 bits per heavy atom. The van der Waals surface area contributed by atoms with Crippen LogP contribution in [0, 0.1) is 5.95 Å². The number of nitrogens with zero attached hydrogens (tertiary/aromatic N) is 2. The summed E-state index contributed by atoms with van der Waals surface area (Å²) < 4.78 is 13.5. The second kappa shape index (κ2) is 4.87. The Balaban J connectivity index is 2.33. The number of rotatable bonds is 2. The second-order valence-electron chi connectivity index (χ2n) is 3.72. The molecule has 0 bridgehead atoms. The summed E-state index contributed by atoms with van der Waals surface area (Å²) in [6.07, 6.45) is 0.511. The molecule has 0 aliphatic carbocycles. The normalized spacial score (nSPS) is 20.2. The number of aromatic nitrogens is 2. The van der Waals surface area contributed by atoms with Gasteiger partial charge in [-0.05, 0) is 12.5 Å². The molecule has 5 nitrogen and oxygen atoms in total. The third-order valence-corrected chi connectivity index (χ3v) is 3.15. The summed E-state index contributed by atoms with van der Waals surface area (Å²) in [5.74, 6) is -2.23. The molecule has 17 heavy (non-hydrogen) atoms. The number of amides is 2. The summed E-state index contributed by atoms with van der Waals surface area (Å²) in [4.78, 5) is 22.6. The van der Waals surface area contributed by atoms with Crippen LogP contribution in [0.25, 0.3) is 0 Å². The summed E-state index contributed by atoms with van der Waals surface area (Å²) >= 11 is 3.19. The first kappa shape index (κ1) is 12.1. The van der Waals surface area contributed by atoms with Crippen LogP contribution in [0.2, 0.25) is 0 Å². The number of carbonyl (C=O) groups excluding carboxylic acids is 2. The van der Waals surface area contributed by atoms with Crippen LogP contribution in [0.4, 0.5) is 4.39 Å². The van der Waals surface area contributed by atoms with E-state index in [0.29, 0.717) is 17.4 Å². The third-order valence-electron chi connectivity index (χ3n) is 2.58. The molecule has 0 spiro atoms. The van der Waals surface area contributed by atoms with Gasteiger partial charge < -0.3 is 0 Å². The van der Waals surface area contributed by atoms with Crippen molar-refractivity contribution in [2.24, 2.45) is 0 Å².